The highest BCUT2D eigenvalue weighted by molar-refractivity contribution is 8.00. The van der Waals surface area contributed by atoms with E-state index in [1.54, 1.807) is 12.1 Å². The number of alkyl carbamates (subject to hydrolysis) is 1. The number of alkyl halides is 3. The summed E-state index contributed by atoms with van der Waals surface area (Å²) in [6.45, 7) is 0.0744. The van der Waals surface area contributed by atoms with Crippen molar-refractivity contribution in [1.82, 2.24) is 10.3 Å². The normalized spacial score (nSPS) is 11.6. The number of thioether (sulfide) groups is 1. The number of halogens is 4. The number of benzene rings is 2. The Morgan fingerprint density at radius 3 is 2.75 bits per heavy atom. The smallest absolute Gasteiger partial charge is 0.445 e. The molecule has 0 fully saturated rings. The third-order valence-corrected chi connectivity index (χ3v) is 5.03. The third kappa shape index (κ3) is 5.59. The zero-order valence-electron chi connectivity index (χ0n) is 14.5. The van der Waals surface area contributed by atoms with E-state index in [-0.39, 0.29) is 23.3 Å². The molecule has 3 rings (SSSR count). The first kappa shape index (κ1) is 20.4. The fourth-order valence-corrected chi connectivity index (χ4v) is 3.52. The van der Waals surface area contributed by atoms with Gasteiger partial charge in [-0.25, -0.2) is 4.79 Å². The summed E-state index contributed by atoms with van der Waals surface area (Å²) in [5.74, 6) is 0. The molecule has 2 N–H and O–H groups in total. The van der Waals surface area contributed by atoms with Crippen molar-refractivity contribution in [3.8, 4) is 0 Å². The van der Waals surface area contributed by atoms with Crippen LogP contribution in [0, 0.1) is 0 Å². The number of aromatic amines is 1. The van der Waals surface area contributed by atoms with Gasteiger partial charge in [0.2, 0.25) is 0 Å². The highest BCUT2D eigenvalue weighted by Gasteiger charge is 2.30. The minimum Gasteiger partial charge on any atom is -0.445 e. The number of fused-ring (bicyclic) bond motifs is 1. The van der Waals surface area contributed by atoms with Crippen LogP contribution in [0.1, 0.15) is 11.1 Å². The predicted octanol–water partition coefficient (Wildman–Crippen LogP) is 5.90. The fraction of sp³-hybridized carbons (Fsp3) is 0.211. The lowest BCUT2D eigenvalue weighted by Crippen LogP contribution is -2.26. The Balaban J connectivity index is 1.51. The second kappa shape index (κ2) is 8.79. The number of carbonyl (C=O) groups is 1. The molecule has 0 aliphatic rings. The van der Waals surface area contributed by atoms with E-state index in [2.05, 4.69) is 10.3 Å². The monoisotopic (exact) mass is 428 g/mol. The van der Waals surface area contributed by atoms with E-state index >= 15 is 0 Å². The molecule has 0 unspecified atom stereocenters. The van der Waals surface area contributed by atoms with Gasteiger partial charge in [-0.2, -0.15) is 13.2 Å². The molecule has 28 heavy (non-hydrogen) atoms. The van der Waals surface area contributed by atoms with Crippen molar-refractivity contribution in [2.24, 2.45) is 0 Å². The summed E-state index contributed by atoms with van der Waals surface area (Å²) < 4.78 is 42.8. The van der Waals surface area contributed by atoms with Crippen molar-refractivity contribution in [3.05, 3.63) is 64.8 Å². The molecule has 1 aromatic heterocycles. The summed E-state index contributed by atoms with van der Waals surface area (Å²) in [5, 5.41) is 4.20. The van der Waals surface area contributed by atoms with Crippen LogP contribution >= 0.6 is 23.4 Å². The van der Waals surface area contributed by atoms with Gasteiger partial charge in [0.05, 0.1) is 0 Å². The summed E-state index contributed by atoms with van der Waals surface area (Å²) in [6, 6.07) is 11.4. The Kier molecular flexibility index (Phi) is 6.41. The molecule has 0 aliphatic heterocycles. The Morgan fingerprint density at radius 2 is 1.96 bits per heavy atom. The van der Waals surface area contributed by atoms with E-state index in [0.717, 1.165) is 16.5 Å². The average molecular weight is 429 g/mol. The maximum absolute atomic E-state index is 12.6. The number of H-pyrrole nitrogens is 1. The first-order valence-electron chi connectivity index (χ1n) is 8.31. The first-order valence-corrected chi connectivity index (χ1v) is 9.51. The molecule has 0 radical (unpaired) electrons. The van der Waals surface area contributed by atoms with Gasteiger partial charge in [-0.15, -0.1) is 0 Å². The van der Waals surface area contributed by atoms with Gasteiger partial charge in [-0.05, 0) is 48.0 Å². The number of hydrogen-bond acceptors (Lipinski definition) is 3. The average Bonchev–Trinajstić information content (AvgIpc) is 3.02. The molecule has 3 aromatic rings. The maximum atomic E-state index is 12.6. The number of ether oxygens (including phenoxy) is 1. The van der Waals surface area contributed by atoms with Crippen LogP contribution < -0.4 is 5.32 Å². The van der Waals surface area contributed by atoms with Crippen molar-refractivity contribution in [3.63, 3.8) is 0 Å². The molecule has 0 atom stereocenters. The van der Waals surface area contributed by atoms with Crippen LogP contribution in [0.5, 0.6) is 0 Å². The SMILES string of the molecule is O=C(NCCc1c[nH]c2ccc(Cl)cc12)OCc1ccccc1SC(F)(F)F. The van der Waals surface area contributed by atoms with Gasteiger partial charge in [0.25, 0.3) is 0 Å². The lowest BCUT2D eigenvalue weighted by atomic mass is 10.1. The molecular formula is C19H16ClF3N2O2S. The molecule has 0 bridgehead atoms. The molecule has 1 amide bonds. The highest BCUT2D eigenvalue weighted by atomic mass is 35.5. The Bertz CT molecular complexity index is 975. The Labute approximate surface area is 168 Å². The van der Waals surface area contributed by atoms with Crippen LogP contribution in [0.25, 0.3) is 10.9 Å². The zero-order valence-corrected chi connectivity index (χ0v) is 16.0. The second-order valence-corrected chi connectivity index (χ2v) is 7.46. The van der Waals surface area contributed by atoms with Crippen LogP contribution in [0.3, 0.4) is 0 Å². The van der Waals surface area contributed by atoms with Gasteiger partial charge in [0.15, 0.2) is 0 Å². The van der Waals surface area contributed by atoms with E-state index in [1.807, 2.05) is 18.3 Å². The van der Waals surface area contributed by atoms with Crippen molar-refractivity contribution in [2.45, 2.75) is 23.4 Å². The second-order valence-electron chi connectivity index (χ2n) is 5.91. The molecule has 9 heteroatoms. The third-order valence-electron chi connectivity index (χ3n) is 3.95. The quantitative estimate of drug-likeness (QED) is 0.480. The van der Waals surface area contributed by atoms with E-state index in [9.17, 15) is 18.0 Å². The van der Waals surface area contributed by atoms with E-state index < -0.39 is 11.6 Å². The van der Waals surface area contributed by atoms with Crippen molar-refractivity contribution < 1.29 is 22.7 Å². The lowest BCUT2D eigenvalue weighted by molar-refractivity contribution is -0.0328. The molecule has 148 valence electrons. The van der Waals surface area contributed by atoms with Crippen molar-refractivity contribution in [1.29, 1.82) is 0 Å². The van der Waals surface area contributed by atoms with Crippen LogP contribution in [0.4, 0.5) is 18.0 Å². The van der Waals surface area contributed by atoms with Crippen LogP contribution in [-0.4, -0.2) is 23.1 Å². The number of hydrogen-bond donors (Lipinski definition) is 2. The summed E-state index contributed by atoms with van der Waals surface area (Å²) in [5.41, 5.74) is -2.17. The van der Waals surface area contributed by atoms with Crippen LogP contribution in [0.2, 0.25) is 5.02 Å². The molecule has 1 heterocycles. The molecule has 0 saturated heterocycles. The molecule has 2 aromatic carbocycles. The van der Waals surface area contributed by atoms with Gasteiger partial charge in [-0.3, -0.25) is 0 Å². The van der Waals surface area contributed by atoms with Crippen molar-refractivity contribution in [2.75, 3.05) is 6.54 Å². The molecule has 0 saturated carbocycles. The highest BCUT2D eigenvalue weighted by Crippen LogP contribution is 2.38. The number of carbonyl (C=O) groups excluding carboxylic acids is 1. The summed E-state index contributed by atoms with van der Waals surface area (Å²) in [6.07, 6.45) is 1.71. The minimum atomic E-state index is -4.40. The number of nitrogens with one attached hydrogen (secondary N) is 2. The predicted molar refractivity (Wildman–Crippen MR) is 104 cm³/mol. The van der Waals surface area contributed by atoms with E-state index in [1.165, 1.54) is 18.2 Å². The maximum Gasteiger partial charge on any atom is 0.446 e. The largest absolute Gasteiger partial charge is 0.446 e. The molecule has 0 spiro atoms. The molecule has 0 aliphatic carbocycles. The van der Waals surface area contributed by atoms with Gasteiger partial charge in [-0.1, -0.05) is 29.8 Å². The van der Waals surface area contributed by atoms with Gasteiger partial charge >= 0.3 is 11.6 Å². The molecular weight excluding hydrogens is 413 g/mol. The van der Waals surface area contributed by atoms with Crippen molar-refractivity contribution >= 4 is 40.4 Å². The minimum absolute atomic E-state index is 0.0125. The van der Waals surface area contributed by atoms with E-state index in [4.69, 9.17) is 16.3 Å². The zero-order chi connectivity index (χ0) is 20.1. The van der Waals surface area contributed by atoms with E-state index in [0.29, 0.717) is 23.6 Å². The lowest BCUT2D eigenvalue weighted by Gasteiger charge is -2.12. The first-order chi connectivity index (χ1) is 13.3. The summed E-state index contributed by atoms with van der Waals surface area (Å²) in [4.78, 5) is 15.0. The fourth-order valence-electron chi connectivity index (χ4n) is 2.70. The standard InChI is InChI=1S/C19H16ClF3N2O2S/c20-14-5-6-16-15(9-14)12(10-25-16)7-8-24-18(26)27-11-13-3-1-2-4-17(13)28-19(21,22)23/h1-6,9-10,25H,7-8,11H2,(H,24,26). The number of amides is 1. The topological polar surface area (TPSA) is 54.1 Å². The Morgan fingerprint density at radius 1 is 1.18 bits per heavy atom. The number of aromatic nitrogens is 1. The number of rotatable bonds is 6. The van der Waals surface area contributed by atoms with Crippen LogP contribution in [-0.2, 0) is 17.8 Å². The Hall–Kier alpha value is -2.32. The van der Waals surface area contributed by atoms with Gasteiger partial charge in [0, 0.05) is 39.1 Å². The molecule has 4 nitrogen and oxygen atoms in total. The summed E-state index contributed by atoms with van der Waals surface area (Å²) >= 11 is 5.78. The summed E-state index contributed by atoms with van der Waals surface area (Å²) in [7, 11) is 0. The van der Waals surface area contributed by atoms with Gasteiger partial charge in [0.1, 0.15) is 6.61 Å². The van der Waals surface area contributed by atoms with Gasteiger partial charge < -0.3 is 15.0 Å². The van der Waals surface area contributed by atoms with Crippen LogP contribution in [0.15, 0.2) is 53.6 Å².